The summed E-state index contributed by atoms with van der Waals surface area (Å²) in [6, 6.07) is 6.82. The molecular weight excluding hydrogens is 222 g/mol. The molecule has 2 nitrogen and oxygen atoms in total. The van der Waals surface area contributed by atoms with Crippen LogP contribution in [0.3, 0.4) is 0 Å². The first-order valence-corrected chi connectivity index (χ1v) is 7.35. The minimum atomic E-state index is 0.203. The quantitative estimate of drug-likeness (QED) is 0.862. The first kappa shape index (κ1) is 12.0. The Balaban J connectivity index is 1.95. The molecule has 2 heterocycles. The molecular formula is C16H23NO. The second-order valence-corrected chi connectivity index (χ2v) is 5.59. The van der Waals surface area contributed by atoms with Crippen molar-refractivity contribution in [3.63, 3.8) is 0 Å². The van der Waals surface area contributed by atoms with Crippen molar-refractivity contribution in [3.05, 3.63) is 29.3 Å². The minimum Gasteiger partial charge on any atom is -0.493 e. The van der Waals surface area contributed by atoms with E-state index >= 15 is 0 Å². The first-order valence-electron chi connectivity index (χ1n) is 7.35. The Morgan fingerprint density at radius 1 is 1.28 bits per heavy atom. The van der Waals surface area contributed by atoms with Crippen LogP contribution >= 0.6 is 0 Å². The van der Waals surface area contributed by atoms with E-state index in [4.69, 9.17) is 4.74 Å². The third-order valence-electron chi connectivity index (χ3n) is 4.59. The van der Waals surface area contributed by atoms with Crippen molar-refractivity contribution in [3.8, 4) is 5.75 Å². The van der Waals surface area contributed by atoms with Crippen molar-refractivity contribution < 1.29 is 4.74 Å². The van der Waals surface area contributed by atoms with Gasteiger partial charge in [-0.2, -0.15) is 0 Å². The van der Waals surface area contributed by atoms with Gasteiger partial charge in [-0.25, -0.2) is 0 Å². The second-order valence-electron chi connectivity index (χ2n) is 5.59. The maximum atomic E-state index is 5.61. The Morgan fingerprint density at radius 2 is 2.22 bits per heavy atom. The highest BCUT2D eigenvalue weighted by atomic mass is 16.5. The summed E-state index contributed by atoms with van der Waals surface area (Å²) in [5.41, 5.74) is 3.07. The van der Waals surface area contributed by atoms with Crippen LogP contribution in [0.15, 0.2) is 18.2 Å². The summed E-state index contributed by atoms with van der Waals surface area (Å²) in [6.07, 6.45) is 7.53. The molecule has 0 amide bonds. The van der Waals surface area contributed by atoms with Gasteiger partial charge in [-0.1, -0.05) is 31.9 Å². The predicted octanol–water partition coefficient (Wildman–Crippen LogP) is 3.39. The summed E-state index contributed by atoms with van der Waals surface area (Å²) in [6.45, 7) is 4.31. The number of benzene rings is 1. The van der Waals surface area contributed by atoms with Crippen LogP contribution in [0.5, 0.6) is 5.75 Å². The largest absolute Gasteiger partial charge is 0.493 e. The molecule has 0 spiro atoms. The van der Waals surface area contributed by atoms with Gasteiger partial charge in [-0.3, -0.25) is 0 Å². The van der Waals surface area contributed by atoms with Crippen molar-refractivity contribution in [2.24, 2.45) is 0 Å². The molecule has 18 heavy (non-hydrogen) atoms. The Kier molecular flexibility index (Phi) is 3.29. The molecule has 1 unspecified atom stereocenters. The third kappa shape index (κ3) is 2.03. The lowest BCUT2D eigenvalue weighted by atomic mass is 9.82. The summed E-state index contributed by atoms with van der Waals surface area (Å²) in [4.78, 5) is 0. The highest BCUT2D eigenvalue weighted by Gasteiger charge is 2.31. The molecule has 1 aromatic carbocycles. The van der Waals surface area contributed by atoms with E-state index in [1.165, 1.54) is 43.2 Å². The second kappa shape index (κ2) is 4.93. The van der Waals surface area contributed by atoms with E-state index in [2.05, 4.69) is 30.4 Å². The fourth-order valence-corrected chi connectivity index (χ4v) is 3.38. The monoisotopic (exact) mass is 245 g/mol. The van der Waals surface area contributed by atoms with Gasteiger partial charge in [0.05, 0.1) is 6.61 Å². The fourth-order valence-electron chi connectivity index (χ4n) is 3.38. The van der Waals surface area contributed by atoms with E-state index in [1.807, 2.05) is 0 Å². The Morgan fingerprint density at radius 3 is 3.11 bits per heavy atom. The summed E-state index contributed by atoms with van der Waals surface area (Å²) in [5.74, 6) is 1.10. The summed E-state index contributed by atoms with van der Waals surface area (Å²) < 4.78 is 5.61. The third-order valence-corrected chi connectivity index (χ3v) is 4.59. The lowest BCUT2D eigenvalue weighted by Gasteiger charge is -2.34. The van der Waals surface area contributed by atoms with Crippen LogP contribution in [-0.2, 0) is 12.0 Å². The smallest absolute Gasteiger partial charge is 0.122 e. The number of hydrogen-bond acceptors (Lipinski definition) is 2. The van der Waals surface area contributed by atoms with Crippen molar-refractivity contribution in [1.29, 1.82) is 0 Å². The van der Waals surface area contributed by atoms with Gasteiger partial charge in [-0.15, -0.1) is 0 Å². The molecule has 0 aromatic heterocycles. The lowest BCUT2D eigenvalue weighted by Crippen LogP contribution is -2.41. The van der Waals surface area contributed by atoms with E-state index in [9.17, 15) is 0 Å². The van der Waals surface area contributed by atoms with Crippen molar-refractivity contribution in [2.75, 3.05) is 13.2 Å². The van der Waals surface area contributed by atoms with Gasteiger partial charge >= 0.3 is 0 Å². The van der Waals surface area contributed by atoms with Crippen LogP contribution in [-0.4, -0.2) is 13.2 Å². The predicted molar refractivity (Wildman–Crippen MR) is 74.1 cm³/mol. The molecule has 1 fully saturated rings. The Hall–Kier alpha value is -1.02. The zero-order valence-corrected chi connectivity index (χ0v) is 11.3. The van der Waals surface area contributed by atoms with Crippen molar-refractivity contribution in [2.45, 2.75) is 51.0 Å². The Bertz CT molecular complexity index is 419. The highest BCUT2D eigenvalue weighted by Crippen LogP contribution is 2.36. The van der Waals surface area contributed by atoms with Crippen LogP contribution in [0.2, 0.25) is 0 Å². The Labute approximate surface area is 110 Å². The van der Waals surface area contributed by atoms with E-state index in [0.717, 1.165) is 25.3 Å². The van der Waals surface area contributed by atoms with Gasteiger partial charge in [-0.05, 0) is 43.0 Å². The van der Waals surface area contributed by atoms with Crippen molar-refractivity contribution >= 4 is 0 Å². The molecule has 2 aliphatic heterocycles. The van der Waals surface area contributed by atoms with Crippen LogP contribution < -0.4 is 10.1 Å². The molecule has 1 N–H and O–H groups in total. The fraction of sp³-hybridized carbons (Fsp3) is 0.625. The lowest BCUT2D eigenvalue weighted by molar-refractivity contribution is 0.312. The molecule has 98 valence electrons. The molecule has 1 atom stereocenters. The van der Waals surface area contributed by atoms with Gasteiger partial charge in [0, 0.05) is 12.0 Å². The average Bonchev–Trinajstić information content (AvgIpc) is 2.74. The highest BCUT2D eigenvalue weighted by molar-refractivity contribution is 5.42. The molecule has 2 aliphatic rings. The number of ether oxygens (including phenoxy) is 1. The van der Waals surface area contributed by atoms with Crippen LogP contribution in [0.25, 0.3) is 0 Å². The SMILES string of the molecule is CCC1(c2ccc3c(c2)CCO3)CCCCCN1. The molecule has 0 bridgehead atoms. The van der Waals surface area contributed by atoms with Gasteiger partial charge < -0.3 is 10.1 Å². The van der Waals surface area contributed by atoms with Crippen LogP contribution in [0.4, 0.5) is 0 Å². The molecule has 2 heteroatoms. The number of nitrogens with one attached hydrogen (secondary N) is 1. The minimum absolute atomic E-state index is 0.203. The van der Waals surface area contributed by atoms with Crippen molar-refractivity contribution in [1.82, 2.24) is 5.32 Å². The zero-order valence-electron chi connectivity index (χ0n) is 11.3. The maximum Gasteiger partial charge on any atom is 0.122 e. The number of rotatable bonds is 2. The van der Waals surface area contributed by atoms with E-state index in [0.29, 0.717) is 0 Å². The molecule has 0 aliphatic carbocycles. The average molecular weight is 245 g/mol. The standard InChI is InChI=1S/C16H23NO/c1-2-16(9-4-3-5-10-17-16)14-6-7-15-13(12-14)8-11-18-15/h6-7,12,17H,2-5,8-11H2,1H3. The first-order chi connectivity index (χ1) is 8.84. The zero-order chi connectivity index (χ0) is 12.4. The van der Waals surface area contributed by atoms with Gasteiger partial charge in [0.15, 0.2) is 0 Å². The van der Waals surface area contributed by atoms with Crippen LogP contribution in [0, 0.1) is 0 Å². The normalized spacial score (nSPS) is 27.4. The molecule has 1 aromatic rings. The molecule has 1 saturated heterocycles. The van der Waals surface area contributed by atoms with E-state index in [-0.39, 0.29) is 5.54 Å². The van der Waals surface area contributed by atoms with E-state index < -0.39 is 0 Å². The van der Waals surface area contributed by atoms with E-state index in [1.54, 1.807) is 0 Å². The summed E-state index contributed by atoms with van der Waals surface area (Å²) in [7, 11) is 0. The summed E-state index contributed by atoms with van der Waals surface area (Å²) >= 11 is 0. The molecule has 3 rings (SSSR count). The van der Waals surface area contributed by atoms with Crippen LogP contribution in [0.1, 0.15) is 50.2 Å². The van der Waals surface area contributed by atoms with Gasteiger partial charge in [0.1, 0.15) is 5.75 Å². The number of fused-ring (bicyclic) bond motifs is 1. The van der Waals surface area contributed by atoms with Gasteiger partial charge in [0.2, 0.25) is 0 Å². The topological polar surface area (TPSA) is 21.3 Å². The molecule has 0 radical (unpaired) electrons. The summed E-state index contributed by atoms with van der Waals surface area (Å²) in [5, 5.41) is 3.81. The number of hydrogen-bond donors (Lipinski definition) is 1. The molecule has 0 saturated carbocycles. The maximum absolute atomic E-state index is 5.61. The van der Waals surface area contributed by atoms with Gasteiger partial charge in [0.25, 0.3) is 0 Å².